The first kappa shape index (κ1) is 11.6. The lowest BCUT2D eigenvalue weighted by Crippen LogP contribution is -2.10. The summed E-state index contributed by atoms with van der Waals surface area (Å²) in [5.74, 6) is -0.275. The van der Waals surface area contributed by atoms with Crippen LogP contribution in [-0.2, 0) is 11.2 Å². The first-order valence-corrected chi connectivity index (χ1v) is 5.75. The average Bonchev–Trinajstić information content (AvgIpc) is 2.28. The number of hydrogen-bond donors (Lipinski definition) is 1. The van der Waals surface area contributed by atoms with Crippen LogP contribution in [0.25, 0.3) is 10.8 Å². The van der Waals surface area contributed by atoms with E-state index in [1.165, 1.54) is 21.9 Å². The van der Waals surface area contributed by atoms with Crippen molar-refractivity contribution in [3.63, 3.8) is 0 Å². The first-order chi connectivity index (χ1) is 8.16. The fourth-order valence-electron chi connectivity index (χ4n) is 2.08. The third-order valence-electron chi connectivity index (χ3n) is 2.85. The third-order valence-corrected chi connectivity index (χ3v) is 2.85. The van der Waals surface area contributed by atoms with E-state index in [-0.39, 0.29) is 5.91 Å². The lowest BCUT2D eigenvalue weighted by atomic mass is 9.99. The molecule has 0 heterocycles. The number of fused-ring (bicyclic) bond motifs is 1. The van der Waals surface area contributed by atoms with Crippen molar-refractivity contribution in [3.05, 3.63) is 53.9 Å². The molecule has 17 heavy (non-hydrogen) atoms. The van der Waals surface area contributed by atoms with E-state index >= 15 is 0 Å². The van der Waals surface area contributed by atoms with E-state index in [0.717, 1.165) is 6.42 Å². The fourth-order valence-corrected chi connectivity index (χ4v) is 2.08. The number of carbonyl (C=O) groups excluding carboxylic acids is 1. The number of rotatable bonds is 4. The first-order valence-electron chi connectivity index (χ1n) is 5.75. The number of aryl methyl sites for hydroxylation is 1. The van der Waals surface area contributed by atoms with Crippen molar-refractivity contribution in [1.29, 1.82) is 0 Å². The highest BCUT2D eigenvalue weighted by Gasteiger charge is 2.01. The van der Waals surface area contributed by atoms with E-state index in [1.807, 2.05) is 18.6 Å². The molecular weight excluding hydrogens is 210 g/mol. The second kappa shape index (κ2) is 5.00. The summed E-state index contributed by atoms with van der Waals surface area (Å²) in [6.07, 6.45) is 3.05. The predicted molar refractivity (Wildman–Crippen MR) is 70.5 cm³/mol. The van der Waals surface area contributed by atoms with Gasteiger partial charge in [-0.15, -0.1) is 0 Å². The van der Waals surface area contributed by atoms with Gasteiger partial charge in [0, 0.05) is 6.42 Å². The number of hydrogen-bond acceptors (Lipinski definition) is 1. The lowest BCUT2D eigenvalue weighted by Gasteiger charge is -2.06. The van der Waals surface area contributed by atoms with Crippen LogP contribution < -0.4 is 5.73 Å². The van der Waals surface area contributed by atoms with Gasteiger partial charge in [0.05, 0.1) is 0 Å². The molecule has 0 unspecified atom stereocenters. The summed E-state index contributed by atoms with van der Waals surface area (Å²) in [5.41, 5.74) is 7.60. The van der Waals surface area contributed by atoms with E-state index in [4.69, 9.17) is 5.73 Å². The van der Waals surface area contributed by atoms with Gasteiger partial charge in [-0.2, -0.15) is 0 Å². The summed E-state index contributed by atoms with van der Waals surface area (Å²) < 4.78 is 0. The number of primary amides is 1. The maximum atomic E-state index is 10.7. The van der Waals surface area contributed by atoms with Crippen molar-refractivity contribution in [2.75, 3.05) is 0 Å². The maximum absolute atomic E-state index is 10.7. The molecule has 87 valence electrons. The van der Waals surface area contributed by atoms with Crippen molar-refractivity contribution >= 4 is 16.7 Å². The minimum atomic E-state index is -0.275. The van der Waals surface area contributed by atoms with E-state index < -0.39 is 0 Å². The monoisotopic (exact) mass is 226 g/mol. The van der Waals surface area contributed by atoms with Crippen LogP contribution in [0.4, 0.5) is 0 Å². The Morgan fingerprint density at radius 3 is 2.82 bits per heavy atom. The Hall–Kier alpha value is -1.83. The smallest absolute Gasteiger partial charge is 0.217 e. The number of amides is 1. The standard InChI is InChI=1S/C15H16NO/c1-11-9-12(5-4-8-15(16)17)10-13-6-2-3-7-14(11)13/h2-4,6-7,9-10H,5,8H2,1H3,(H2,16,17). The molecule has 2 aromatic carbocycles. The molecular formula is C15H16NO. The van der Waals surface area contributed by atoms with Crippen LogP contribution in [0.2, 0.25) is 0 Å². The molecule has 0 aliphatic rings. The molecule has 2 nitrogen and oxygen atoms in total. The van der Waals surface area contributed by atoms with Crippen molar-refractivity contribution < 1.29 is 4.79 Å². The van der Waals surface area contributed by atoms with Crippen LogP contribution in [0, 0.1) is 13.3 Å². The zero-order valence-electron chi connectivity index (χ0n) is 9.94. The Morgan fingerprint density at radius 1 is 1.29 bits per heavy atom. The van der Waals surface area contributed by atoms with Gasteiger partial charge in [-0.3, -0.25) is 4.79 Å². The minimum Gasteiger partial charge on any atom is -0.370 e. The average molecular weight is 226 g/mol. The molecule has 0 bridgehead atoms. The summed E-state index contributed by atoms with van der Waals surface area (Å²) in [5, 5.41) is 2.53. The fraction of sp³-hybridized carbons (Fsp3) is 0.200. The summed E-state index contributed by atoms with van der Waals surface area (Å²) in [4.78, 5) is 10.7. The van der Waals surface area contributed by atoms with E-state index in [1.54, 1.807) is 0 Å². The summed E-state index contributed by atoms with van der Waals surface area (Å²) in [7, 11) is 0. The molecule has 1 amide bonds. The summed E-state index contributed by atoms with van der Waals surface area (Å²) >= 11 is 0. The van der Waals surface area contributed by atoms with Gasteiger partial charge < -0.3 is 5.73 Å². The van der Waals surface area contributed by atoms with Crippen LogP contribution >= 0.6 is 0 Å². The highest BCUT2D eigenvalue weighted by Crippen LogP contribution is 2.21. The van der Waals surface area contributed by atoms with Crippen molar-refractivity contribution in [2.24, 2.45) is 5.73 Å². The van der Waals surface area contributed by atoms with Crippen LogP contribution in [0.5, 0.6) is 0 Å². The van der Waals surface area contributed by atoms with Gasteiger partial charge in [-0.25, -0.2) is 0 Å². The van der Waals surface area contributed by atoms with Gasteiger partial charge in [0.2, 0.25) is 5.91 Å². The number of carbonyl (C=O) groups is 1. The maximum Gasteiger partial charge on any atom is 0.217 e. The Bertz CT molecular complexity index is 546. The predicted octanol–water partition coefficient (Wildman–Crippen LogP) is 2.77. The van der Waals surface area contributed by atoms with E-state index in [9.17, 15) is 4.79 Å². The van der Waals surface area contributed by atoms with Gasteiger partial charge in [-0.05, 0) is 41.7 Å². The molecule has 2 heteroatoms. The number of benzene rings is 2. The van der Waals surface area contributed by atoms with Gasteiger partial charge >= 0.3 is 0 Å². The molecule has 0 aliphatic heterocycles. The Balaban J connectivity index is 2.21. The second-order valence-corrected chi connectivity index (χ2v) is 4.30. The normalized spacial score (nSPS) is 10.6. The molecule has 1 radical (unpaired) electrons. The van der Waals surface area contributed by atoms with Crippen LogP contribution in [0.3, 0.4) is 0 Å². The lowest BCUT2D eigenvalue weighted by molar-refractivity contribution is -0.117. The minimum absolute atomic E-state index is 0.275. The molecule has 0 saturated carbocycles. The van der Waals surface area contributed by atoms with E-state index in [2.05, 4.69) is 31.2 Å². The van der Waals surface area contributed by atoms with Gasteiger partial charge in [-0.1, -0.05) is 36.4 Å². The number of nitrogens with two attached hydrogens (primary N) is 1. The molecule has 0 aromatic heterocycles. The van der Waals surface area contributed by atoms with E-state index in [0.29, 0.717) is 6.42 Å². The van der Waals surface area contributed by atoms with Crippen molar-refractivity contribution in [2.45, 2.75) is 19.8 Å². The zero-order valence-corrected chi connectivity index (χ0v) is 9.94. The van der Waals surface area contributed by atoms with Gasteiger partial charge in [0.1, 0.15) is 0 Å². The molecule has 0 atom stereocenters. The Labute approximate surface area is 101 Å². The molecule has 2 N–H and O–H groups in total. The SMILES string of the molecule is Cc1cc(C[CH]CC(N)=O)cc2ccccc12. The van der Waals surface area contributed by atoms with Crippen LogP contribution in [0.1, 0.15) is 17.5 Å². The van der Waals surface area contributed by atoms with Crippen LogP contribution in [0.15, 0.2) is 36.4 Å². The highest BCUT2D eigenvalue weighted by atomic mass is 16.1. The Morgan fingerprint density at radius 2 is 2.06 bits per heavy atom. The zero-order chi connectivity index (χ0) is 12.3. The quantitative estimate of drug-likeness (QED) is 0.855. The molecule has 0 aliphatic carbocycles. The summed E-state index contributed by atoms with van der Waals surface area (Å²) in [6.45, 7) is 2.11. The highest BCUT2D eigenvalue weighted by molar-refractivity contribution is 5.86. The molecule has 0 spiro atoms. The Kier molecular flexibility index (Phi) is 3.43. The largest absolute Gasteiger partial charge is 0.370 e. The molecule has 0 saturated heterocycles. The molecule has 2 rings (SSSR count). The van der Waals surface area contributed by atoms with Gasteiger partial charge in [0.15, 0.2) is 0 Å². The molecule has 0 fully saturated rings. The van der Waals surface area contributed by atoms with Gasteiger partial charge in [0.25, 0.3) is 0 Å². The third kappa shape index (κ3) is 2.84. The van der Waals surface area contributed by atoms with Crippen LogP contribution in [-0.4, -0.2) is 5.91 Å². The second-order valence-electron chi connectivity index (χ2n) is 4.30. The van der Waals surface area contributed by atoms with Crippen molar-refractivity contribution in [1.82, 2.24) is 0 Å². The topological polar surface area (TPSA) is 43.1 Å². The van der Waals surface area contributed by atoms with Crippen molar-refractivity contribution in [3.8, 4) is 0 Å². The molecule has 2 aromatic rings. The summed E-state index contributed by atoms with van der Waals surface area (Å²) in [6, 6.07) is 12.7.